The Hall–Kier alpha value is -0.770. The maximum atomic E-state index is 11.7. The molecule has 2 unspecified atom stereocenters. The minimum absolute atomic E-state index is 0.00921. The molecule has 0 saturated carbocycles. The molecule has 0 bridgehead atoms. The molecule has 1 amide bonds. The van der Waals surface area contributed by atoms with Crippen molar-refractivity contribution in [2.75, 3.05) is 6.54 Å². The van der Waals surface area contributed by atoms with Gasteiger partial charge in [0.25, 0.3) is 0 Å². The summed E-state index contributed by atoms with van der Waals surface area (Å²) >= 11 is 12.1. The summed E-state index contributed by atoms with van der Waals surface area (Å²) in [6, 6.07) is 5.21. The molecule has 1 saturated heterocycles. The maximum Gasteiger partial charge on any atom is 0.237 e. The fraction of sp³-hybridized carbons (Fsp3) is 0.462. The first-order chi connectivity index (χ1) is 8.58. The fourth-order valence-electron chi connectivity index (χ4n) is 2.17. The lowest BCUT2D eigenvalue weighted by Gasteiger charge is -2.26. The highest BCUT2D eigenvalue weighted by molar-refractivity contribution is 6.33. The van der Waals surface area contributed by atoms with Crippen LogP contribution in [0.15, 0.2) is 18.2 Å². The zero-order chi connectivity index (χ0) is 13.1. The quantitative estimate of drug-likeness (QED) is 0.897. The van der Waals surface area contributed by atoms with Crippen LogP contribution in [0, 0.1) is 0 Å². The van der Waals surface area contributed by atoms with Crippen molar-refractivity contribution in [2.45, 2.75) is 31.8 Å². The molecule has 0 spiro atoms. The lowest BCUT2D eigenvalue weighted by atomic mass is 10.0. The average molecular weight is 287 g/mol. The standard InChI is InChI=1S/C13H16Cl2N2O/c1-8(10-7-9(14)4-5-11(10)15)17-12-3-2-6-16-13(12)18/h4-5,7-8,12,17H,2-3,6H2,1H3,(H,16,18). The van der Waals surface area contributed by atoms with Crippen molar-refractivity contribution in [3.8, 4) is 0 Å². The van der Waals surface area contributed by atoms with Gasteiger partial charge in [-0.05, 0) is 43.5 Å². The number of rotatable bonds is 3. The van der Waals surface area contributed by atoms with Crippen LogP contribution in [0.5, 0.6) is 0 Å². The third kappa shape index (κ3) is 3.16. The summed E-state index contributed by atoms with van der Waals surface area (Å²) in [4.78, 5) is 11.7. The van der Waals surface area contributed by atoms with Crippen LogP contribution in [0.4, 0.5) is 0 Å². The van der Waals surface area contributed by atoms with E-state index in [9.17, 15) is 4.79 Å². The second kappa shape index (κ2) is 5.91. The Morgan fingerprint density at radius 1 is 1.44 bits per heavy atom. The van der Waals surface area contributed by atoms with E-state index in [1.165, 1.54) is 0 Å². The summed E-state index contributed by atoms with van der Waals surface area (Å²) in [5.41, 5.74) is 0.919. The molecule has 0 radical (unpaired) electrons. The minimum Gasteiger partial charge on any atom is -0.355 e. The van der Waals surface area contributed by atoms with Crippen molar-refractivity contribution in [1.82, 2.24) is 10.6 Å². The summed E-state index contributed by atoms with van der Waals surface area (Å²) in [5, 5.41) is 7.46. The van der Waals surface area contributed by atoms with Gasteiger partial charge in [-0.1, -0.05) is 23.2 Å². The Morgan fingerprint density at radius 2 is 2.22 bits per heavy atom. The Balaban J connectivity index is 2.08. The van der Waals surface area contributed by atoms with Gasteiger partial charge in [0.1, 0.15) is 0 Å². The Morgan fingerprint density at radius 3 is 2.94 bits per heavy atom. The van der Waals surface area contributed by atoms with E-state index in [0.717, 1.165) is 24.9 Å². The molecular formula is C13H16Cl2N2O. The molecule has 1 fully saturated rings. The molecule has 1 aliphatic rings. The van der Waals surface area contributed by atoms with Crippen molar-refractivity contribution < 1.29 is 4.79 Å². The highest BCUT2D eigenvalue weighted by atomic mass is 35.5. The number of nitrogens with one attached hydrogen (secondary N) is 2. The second-order valence-corrected chi connectivity index (χ2v) is 5.38. The van der Waals surface area contributed by atoms with E-state index in [0.29, 0.717) is 10.0 Å². The van der Waals surface area contributed by atoms with Gasteiger partial charge in [0.05, 0.1) is 6.04 Å². The molecule has 1 heterocycles. The van der Waals surface area contributed by atoms with Gasteiger partial charge in [0, 0.05) is 22.6 Å². The third-order valence-corrected chi connectivity index (χ3v) is 3.74. The zero-order valence-corrected chi connectivity index (χ0v) is 11.7. The SMILES string of the molecule is CC(NC1CCCNC1=O)c1cc(Cl)ccc1Cl. The average Bonchev–Trinajstić information content (AvgIpc) is 2.35. The van der Waals surface area contributed by atoms with Crippen LogP contribution in [-0.2, 0) is 4.79 Å². The monoisotopic (exact) mass is 286 g/mol. The molecule has 3 nitrogen and oxygen atoms in total. The number of carbonyl (C=O) groups excluding carboxylic acids is 1. The first kappa shape index (κ1) is 13.7. The highest BCUT2D eigenvalue weighted by Crippen LogP contribution is 2.26. The number of halogens is 2. The number of hydrogen-bond donors (Lipinski definition) is 2. The number of amides is 1. The van der Waals surface area contributed by atoms with E-state index in [1.54, 1.807) is 12.1 Å². The highest BCUT2D eigenvalue weighted by Gasteiger charge is 2.24. The van der Waals surface area contributed by atoms with Crippen LogP contribution in [-0.4, -0.2) is 18.5 Å². The lowest BCUT2D eigenvalue weighted by Crippen LogP contribution is -2.48. The van der Waals surface area contributed by atoms with E-state index < -0.39 is 0 Å². The molecule has 2 N–H and O–H groups in total. The third-order valence-electron chi connectivity index (χ3n) is 3.16. The van der Waals surface area contributed by atoms with Crippen molar-refractivity contribution in [2.24, 2.45) is 0 Å². The first-order valence-corrected chi connectivity index (χ1v) is 6.82. The predicted octanol–water partition coefficient (Wildman–Crippen LogP) is 2.92. The van der Waals surface area contributed by atoms with Crippen LogP contribution in [0.25, 0.3) is 0 Å². The molecule has 2 atom stereocenters. The topological polar surface area (TPSA) is 41.1 Å². The summed E-state index contributed by atoms with van der Waals surface area (Å²) in [6.07, 6.45) is 1.85. The molecule has 1 aliphatic heterocycles. The van der Waals surface area contributed by atoms with Gasteiger partial charge in [-0.15, -0.1) is 0 Å². The molecule has 18 heavy (non-hydrogen) atoms. The zero-order valence-electron chi connectivity index (χ0n) is 10.2. The molecule has 98 valence electrons. The van der Waals surface area contributed by atoms with Gasteiger partial charge in [0.2, 0.25) is 5.91 Å². The number of benzene rings is 1. The Kier molecular flexibility index (Phi) is 4.49. The van der Waals surface area contributed by atoms with Crippen molar-refractivity contribution in [3.63, 3.8) is 0 Å². The number of hydrogen-bond acceptors (Lipinski definition) is 2. The molecule has 0 aliphatic carbocycles. The smallest absolute Gasteiger partial charge is 0.237 e. The van der Waals surface area contributed by atoms with Crippen LogP contribution in [0.3, 0.4) is 0 Å². The fourth-order valence-corrected chi connectivity index (χ4v) is 2.63. The molecule has 0 aromatic heterocycles. The summed E-state index contributed by atoms with van der Waals surface area (Å²) in [6.45, 7) is 2.75. The molecular weight excluding hydrogens is 271 g/mol. The largest absolute Gasteiger partial charge is 0.355 e. The van der Waals surface area contributed by atoms with E-state index in [2.05, 4.69) is 10.6 Å². The van der Waals surface area contributed by atoms with Gasteiger partial charge < -0.3 is 5.32 Å². The Labute approximate surface area is 117 Å². The van der Waals surface area contributed by atoms with Gasteiger partial charge in [-0.25, -0.2) is 0 Å². The van der Waals surface area contributed by atoms with Gasteiger partial charge in [0.15, 0.2) is 0 Å². The lowest BCUT2D eigenvalue weighted by molar-refractivity contribution is -0.124. The van der Waals surface area contributed by atoms with Crippen molar-refractivity contribution >= 4 is 29.1 Å². The Bertz CT molecular complexity index is 451. The molecule has 1 aromatic rings. The number of carbonyl (C=O) groups is 1. The van der Waals surface area contributed by atoms with Crippen LogP contribution < -0.4 is 10.6 Å². The maximum absolute atomic E-state index is 11.7. The van der Waals surface area contributed by atoms with E-state index in [4.69, 9.17) is 23.2 Å². The van der Waals surface area contributed by atoms with Crippen LogP contribution >= 0.6 is 23.2 Å². The van der Waals surface area contributed by atoms with Crippen molar-refractivity contribution in [3.05, 3.63) is 33.8 Å². The van der Waals surface area contributed by atoms with Gasteiger partial charge in [-0.2, -0.15) is 0 Å². The van der Waals surface area contributed by atoms with Crippen LogP contribution in [0.1, 0.15) is 31.4 Å². The van der Waals surface area contributed by atoms with Crippen molar-refractivity contribution in [1.29, 1.82) is 0 Å². The predicted molar refractivity (Wildman–Crippen MR) is 74.0 cm³/mol. The molecule has 5 heteroatoms. The molecule has 2 rings (SSSR count). The van der Waals surface area contributed by atoms with Gasteiger partial charge >= 0.3 is 0 Å². The number of piperidine rings is 1. The van der Waals surface area contributed by atoms with Crippen LogP contribution in [0.2, 0.25) is 10.0 Å². The van der Waals surface area contributed by atoms with Gasteiger partial charge in [-0.3, -0.25) is 10.1 Å². The van der Waals surface area contributed by atoms with E-state index in [1.807, 2.05) is 13.0 Å². The van der Waals surface area contributed by atoms with E-state index in [-0.39, 0.29) is 18.0 Å². The summed E-state index contributed by atoms with van der Waals surface area (Å²) < 4.78 is 0. The normalized spacial score (nSPS) is 21.5. The summed E-state index contributed by atoms with van der Waals surface area (Å²) in [5.74, 6) is 0.0613. The molecule has 1 aromatic carbocycles. The summed E-state index contributed by atoms with van der Waals surface area (Å²) in [7, 11) is 0. The first-order valence-electron chi connectivity index (χ1n) is 6.06. The minimum atomic E-state index is -0.149. The second-order valence-electron chi connectivity index (χ2n) is 4.54. The van der Waals surface area contributed by atoms with E-state index >= 15 is 0 Å².